The molecule has 1 aromatic heterocycles. The molecule has 2 aromatic rings. The predicted molar refractivity (Wildman–Crippen MR) is 106 cm³/mol. The average molecular weight is 431 g/mol. The molecule has 0 bridgehead atoms. The second-order valence-electron chi connectivity index (χ2n) is 6.31. The third-order valence-corrected chi connectivity index (χ3v) is 6.00. The smallest absolute Gasteiger partial charge is 0.344 e. The van der Waals surface area contributed by atoms with Gasteiger partial charge in [-0.15, -0.1) is 5.10 Å². The van der Waals surface area contributed by atoms with Crippen LogP contribution in [-0.4, -0.2) is 39.1 Å². The molecule has 2 N–H and O–H groups in total. The fourth-order valence-corrected chi connectivity index (χ4v) is 3.92. The molecule has 27 heavy (non-hydrogen) atoms. The van der Waals surface area contributed by atoms with Gasteiger partial charge in [0, 0.05) is 6.61 Å². The lowest BCUT2D eigenvalue weighted by molar-refractivity contribution is -0.119. The quantitative estimate of drug-likeness (QED) is 0.658. The fourth-order valence-electron chi connectivity index (χ4n) is 2.84. The Hall–Kier alpha value is -1.48. The van der Waals surface area contributed by atoms with Gasteiger partial charge >= 0.3 is 5.69 Å². The van der Waals surface area contributed by atoms with Crippen molar-refractivity contribution in [3.8, 4) is 0 Å². The summed E-state index contributed by atoms with van der Waals surface area (Å²) in [5.41, 5.74) is 0.565. The number of carbonyl (C=O) groups excluding carboxylic acids is 1. The molecule has 10 heteroatoms. The molecule has 3 rings (SSSR count). The summed E-state index contributed by atoms with van der Waals surface area (Å²) < 4.78 is 7.10. The van der Waals surface area contributed by atoms with Crippen LogP contribution in [0, 0.1) is 0 Å². The van der Waals surface area contributed by atoms with E-state index in [0.29, 0.717) is 21.7 Å². The Balaban J connectivity index is 1.56. The molecule has 0 saturated carbocycles. The lowest BCUT2D eigenvalue weighted by Crippen LogP contribution is -2.29. The summed E-state index contributed by atoms with van der Waals surface area (Å²) in [6, 6.07) is 5.03. The highest BCUT2D eigenvalue weighted by molar-refractivity contribution is 7.99. The van der Waals surface area contributed by atoms with E-state index in [4.69, 9.17) is 27.9 Å². The Morgan fingerprint density at radius 2 is 2.30 bits per heavy atom. The third kappa shape index (κ3) is 5.28. The summed E-state index contributed by atoms with van der Waals surface area (Å²) in [5.74, 6) is -0.0285. The number of nitrogens with zero attached hydrogens (tertiary/aromatic N) is 2. The number of hydrogen-bond donors (Lipinski definition) is 2. The van der Waals surface area contributed by atoms with Gasteiger partial charge in [0.05, 0.1) is 34.5 Å². The van der Waals surface area contributed by atoms with Crippen LogP contribution in [-0.2, 0) is 16.1 Å². The number of H-pyrrole nitrogens is 1. The third-order valence-electron chi connectivity index (χ3n) is 4.29. The predicted octanol–water partition coefficient (Wildman–Crippen LogP) is 3.03. The monoisotopic (exact) mass is 430 g/mol. The van der Waals surface area contributed by atoms with E-state index in [1.807, 2.05) is 13.0 Å². The zero-order valence-electron chi connectivity index (χ0n) is 14.7. The molecule has 1 fully saturated rings. The van der Waals surface area contributed by atoms with Crippen molar-refractivity contribution in [2.75, 3.05) is 12.4 Å². The SMILES string of the molecule is C[C@H](NC(=O)CSc1n[nH]c(=O)n1C[C@@H]1CCCO1)c1ccc(Cl)c(Cl)c1. The van der Waals surface area contributed by atoms with Gasteiger partial charge in [0.1, 0.15) is 0 Å². The lowest BCUT2D eigenvalue weighted by atomic mass is 10.1. The van der Waals surface area contributed by atoms with E-state index in [0.717, 1.165) is 25.0 Å². The Bertz CT molecular complexity index is 864. The van der Waals surface area contributed by atoms with Crippen molar-refractivity contribution in [2.45, 2.75) is 43.6 Å². The molecule has 0 radical (unpaired) electrons. The van der Waals surface area contributed by atoms with Crippen LogP contribution in [0.25, 0.3) is 0 Å². The number of amides is 1. The van der Waals surface area contributed by atoms with E-state index in [9.17, 15) is 9.59 Å². The first kappa shape index (κ1) is 20.3. The van der Waals surface area contributed by atoms with Crippen LogP contribution in [0.5, 0.6) is 0 Å². The molecule has 7 nitrogen and oxygen atoms in total. The normalized spacial score (nSPS) is 17.8. The first-order valence-electron chi connectivity index (χ1n) is 8.58. The van der Waals surface area contributed by atoms with Crippen LogP contribution in [0.4, 0.5) is 0 Å². The van der Waals surface area contributed by atoms with Crippen LogP contribution in [0.2, 0.25) is 10.0 Å². The number of nitrogens with one attached hydrogen (secondary N) is 2. The van der Waals surface area contributed by atoms with Gasteiger partial charge < -0.3 is 10.1 Å². The molecular formula is C17H20Cl2N4O3S. The van der Waals surface area contributed by atoms with Gasteiger partial charge in [0.2, 0.25) is 5.91 Å². The van der Waals surface area contributed by atoms with Crippen molar-refractivity contribution in [1.82, 2.24) is 20.1 Å². The Morgan fingerprint density at radius 3 is 3.00 bits per heavy atom. The van der Waals surface area contributed by atoms with Crippen molar-refractivity contribution in [3.05, 3.63) is 44.3 Å². The van der Waals surface area contributed by atoms with Crippen molar-refractivity contribution in [2.24, 2.45) is 0 Å². The van der Waals surface area contributed by atoms with E-state index in [1.165, 1.54) is 16.3 Å². The molecule has 1 amide bonds. The Kier molecular flexibility index (Phi) is 6.86. The standard InChI is InChI=1S/C17H20Cl2N4O3S/c1-10(11-4-5-13(18)14(19)7-11)20-15(24)9-27-17-22-21-16(25)23(17)8-12-3-2-6-26-12/h4-5,7,10,12H,2-3,6,8-9H2,1H3,(H,20,24)(H,21,25)/t10-,12-/m0/s1. The minimum absolute atomic E-state index is 0.0168. The highest BCUT2D eigenvalue weighted by Gasteiger charge is 2.20. The maximum atomic E-state index is 12.3. The van der Waals surface area contributed by atoms with Crippen LogP contribution in [0.1, 0.15) is 31.4 Å². The largest absolute Gasteiger partial charge is 0.376 e. The number of ether oxygens (including phenoxy) is 1. The van der Waals surface area contributed by atoms with E-state index in [1.54, 1.807) is 12.1 Å². The summed E-state index contributed by atoms with van der Waals surface area (Å²) >= 11 is 13.1. The lowest BCUT2D eigenvalue weighted by Gasteiger charge is -2.15. The van der Waals surface area contributed by atoms with Gasteiger partial charge in [-0.2, -0.15) is 0 Å². The second-order valence-corrected chi connectivity index (χ2v) is 8.07. The topological polar surface area (TPSA) is 89.0 Å². The molecule has 0 aliphatic carbocycles. The van der Waals surface area contributed by atoms with Crippen LogP contribution in [0.15, 0.2) is 28.2 Å². The van der Waals surface area contributed by atoms with Gasteiger partial charge in [0.15, 0.2) is 5.16 Å². The molecule has 0 unspecified atom stereocenters. The summed E-state index contributed by atoms with van der Waals surface area (Å²) in [5, 5.41) is 10.7. The minimum atomic E-state index is -0.294. The van der Waals surface area contributed by atoms with Crippen molar-refractivity contribution in [1.29, 1.82) is 0 Å². The molecule has 1 aromatic carbocycles. The highest BCUT2D eigenvalue weighted by atomic mass is 35.5. The van der Waals surface area contributed by atoms with Gasteiger partial charge in [-0.25, -0.2) is 9.89 Å². The van der Waals surface area contributed by atoms with Gasteiger partial charge in [-0.3, -0.25) is 9.36 Å². The van der Waals surface area contributed by atoms with Crippen LogP contribution < -0.4 is 11.0 Å². The summed E-state index contributed by atoms with van der Waals surface area (Å²) in [4.78, 5) is 24.2. The number of benzene rings is 1. The number of rotatable bonds is 7. The number of halogens is 2. The van der Waals surface area contributed by atoms with Gasteiger partial charge in [-0.1, -0.05) is 41.0 Å². The second kappa shape index (κ2) is 9.14. The molecule has 1 aliphatic heterocycles. The van der Waals surface area contributed by atoms with E-state index < -0.39 is 0 Å². The Labute approximate surface area is 170 Å². The van der Waals surface area contributed by atoms with Crippen LogP contribution >= 0.6 is 35.0 Å². The average Bonchev–Trinajstić information content (AvgIpc) is 3.27. The maximum absolute atomic E-state index is 12.3. The first-order chi connectivity index (χ1) is 12.9. The minimum Gasteiger partial charge on any atom is -0.376 e. The Morgan fingerprint density at radius 1 is 1.48 bits per heavy atom. The first-order valence-corrected chi connectivity index (χ1v) is 10.3. The number of aromatic amines is 1. The fraction of sp³-hybridized carbons (Fsp3) is 0.471. The molecular weight excluding hydrogens is 411 g/mol. The van der Waals surface area contributed by atoms with E-state index in [2.05, 4.69) is 15.5 Å². The summed E-state index contributed by atoms with van der Waals surface area (Å²) in [6.45, 7) is 3.03. The van der Waals surface area contributed by atoms with E-state index >= 15 is 0 Å². The van der Waals surface area contributed by atoms with Crippen molar-refractivity contribution >= 4 is 40.9 Å². The van der Waals surface area contributed by atoms with E-state index in [-0.39, 0.29) is 29.5 Å². The molecule has 2 heterocycles. The zero-order valence-corrected chi connectivity index (χ0v) is 17.0. The van der Waals surface area contributed by atoms with Gasteiger partial charge in [0.25, 0.3) is 0 Å². The molecule has 146 valence electrons. The highest BCUT2D eigenvalue weighted by Crippen LogP contribution is 2.25. The molecule has 1 aliphatic rings. The number of thioether (sulfide) groups is 1. The summed E-state index contributed by atoms with van der Waals surface area (Å²) in [7, 11) is 0. The van der Waals surface area contributed by atoms with Crippen molar-refractivity contribution < 1.29 is 9.53 Å². The molecule has 1 saturated heterocycles. The number of aromatic nitrogens is 3. The summed E-state index contributed by atoms with van der Waals surface area (Å²) in [6.07, 6.45) is 1.93. The van der Waals surface area contributed by atoms with Gasteiger partial charge in [-0.05, 0) is 37.5 Å². The molecule has 0 spiro atoms. The maximum Gasteiger partial charge on any atom is 0.344 e. The zero-order chi connectivity index (χ0) is 19.4. The number of carbonyl (C=O) groups is 1. The van der Waals surface area contributed by atoms with Crippen LogP contribution in [0.3, 0.4) is 0 Å². The number of hydrogen-bond acceptors (Lipinski definition) is 5. The van der Waals surface area contributed by atoms with Crippen molar-refractivity contribution in [3.63, 3.8) is 0 Å². The molecule has 2 atom stereocenters.